The lowest BCUT2D eigenvalue weighted by atomic mass is 10.1. The van der Waals surface area contributed by atoms with E-state index in [0.717, 1.165) is 45.0 Å². The zero-order chi connectivity index (χ0) is 19.6. The molecule has 0 spiro atoms. The van der Waals surface area contributed by atoms with Gasteiger partial charge in [0.25, 0.3) is 5.91 Å². The Hall–Kier alpha value is -1.62. The van der Waals surface area contributed by atoms with Crippen molar-refractivity contribution in [3.63, 3.8) is 0 Å². The Kier molecular flexibility index (Phi) is 9.05. The van der Waals surface area contributed by atoms with Crippen molar-refractivity contribution in [2.24, 2.45) is 5.92 Å². The van der Waals surface area contributed by atoms with Crippen molar-refractivity contribution in [3.05, 3.63) is 23.9 Å². The van der Waals surface area contributed by atoms with Gasteiger partial charge in [-0.25, -0.2) is 4.98 Å². The van der Waals surface area contributed by atoms with E-state index >= 15 is 0 Å². The molecular formula is C22H38N4O. The maximum atomic E-state index is 13.2. The smallest absolute Gasteiger partial charge is 0.257 e. The molecule has 5 heteroatoms. The number of nitrogens with zero attached hydrogens (tertiary/aromatic N) is 3. The van der Waals surface area contributed by atoms with E-state index in [-0.39, 0.29) is 11.9 Å². The molecule has 1 fully saturated rings. The van der Waals surface area contributed by atoms with E-state index in [1.165, 1.54) is 25.7 Å². The van der Waals surface area contributed by atoms with Gasteiger partial charge in [0.15, 0.2) is 0 Å². The van der Waals surface area contributed by atoms with E-state index in [0.29, 0.717) is 11.5 Å². The lowest BCUT2D eigenvalue weighted by molar-refractivity contribution is 0.0487. The summed E-state index contributed by atoms with van der Waals surface area (Å²) in [5.74, 6) is 1.46. The molecule has 27 heavy (non-hydrogen) atoms. The second-order valence-electron chi connectivity index (χ2n) is 8.22. The van der Waals surface area contributed by atoms with Gasteiger partial charge < -0.3 is 10.2 Å². The maximum Gasteiger partial charge on any atom is 0.257 e. The predicted octanol–water partition coefficient (Wildman–Crippen LogP) is 4.27. The number of carbonyl (C=O) groups is 1. The Balaban J connectivity index is 1.92. The topological polar surface area (TPSA) is 48.5 Å². The third kappa shape index (κ3) is 6.80. The SMILES string of the molecule is CCCCCCN1CCN(C(=O)c2cccnc2NCCC(C)C)[C@@H](C)C1. The highest BCUT2D eigenvalue weighted by Crippen LogP contribution is 2.19. The van der Waals surface area contributed by atoms with E-state index in [1.54, 1.807) is 6.20 Å². The quantitative estimate of drug-likeness (QED) is 0.622. The summed E-state index contributed by atoms with van der Waals surface area (Å²) < 4.78 is 0. The van der Waals surface area contributed by atoms with Crippen LogP contribution in [0.1, 0.15) is 70.2 Å². The molecule has 0 radical (unpaired) electrons. The Morgan fingerprint density at radius 1 is 1.30 bits per heavy atom. The van der Waals surface area contributed by atoms with Crippen LogP contribution in [-0.2, 0) is 0 Å². The van der Waals surface area contributed by atoms with Crippen LogP contribution in [0.15, 0.2) is 18.3 Å². The van der Waals surface area contributed by atoms with Crippen LogP contribution in [0.2, 0.25) is 0 Å². The summed E-state index contributed by atoms with van der Waals surface area (Å²) >= 11 is 0. The fourth-order valence-electron chi connectivity index (χ4n) is 3.65. The molecule has 1 aliphatic heterocycles. The number of rotatable bonds is 10. The van der Waals surface area contributed by atoms with Crippen molar-refractivity contribution in [3.8, 4) is 0 Å². The molecule has 0 unspecified atom stereocenters. The number of piperazine rings is 1. The maximum absolute atomic E-state index is 13.2. The lowest BCUT2D eigenvalue weighted by Crippen LogP contribution is -2.54. The van der Waals surface area contributed by atoms with Crippen molar-refractivity contribution in [2.45, 2.75) is 65.8 Å². The molecule has 1 saturated heterocycles. The van der Waals surface area contributed by atoms with Crippen LogP contribution < -0.4 is 5.32 Å². The number of nitrogens with one attached hydrogen (secondary N) is 1. The fraction of sp³-hybridized carbons (Fsp3) is 0.727. The molecule has 1 atom stereocenters. The van der Waals surface area contributed by atoms with Gasteiger partial charge in [-0.05, 0) is 44.4 Å². The van der Waals surface area contributed by atoms with Crippen LogP contribution in [0.3, 0.4) is 0 Å². The molecule has 1 aliphatic rings. The van der Waals surface area contributed by atoms with E-state index in [9.17, 15) is 4.79 Å². The summed E-state index contributed by atoms with van der Waals surface area (Å²) in [5.41, 5.74) is 0.699. The van der Waals surface area contributed by atoms with E-state index < -0.39 is 0 Å². The van der Waals surface area contributed by atoms with Gasteiger partial charge in [0, 0.05) is 38.4 Å². The normalized spacial score (nSPS) is 18.1. The Bertz CT molecular complexity index is 575. The zero-order valence-electron chi connectivity index (χ0n) is 17.7. The second kappa shape index (κ2) is 11.3. The molecule has 0 saturated carbocycles. The van der Waals surface area contributed by atoms with Gasteiger partial charge in [0.05, 0.1) is 5.56 Å². The van der Waals surface area contributed by atoms with Gasteiger partial charge >= 0.3 is 0 Å². The zero-order valence-corrected chi connectivity index (χ0v) is 17.7. The first kappa shape index (κ1) is 21.7. The molecule has 0 aliphatic carbocycles. The van der Waals surface area contributed by atoms with Crippen molar-refractivity contribution in [1.82, 2.24) is 14.8 Å². The van der Waals surface area contributed by atoms with Gasteiger partial charge in [0.1, 0.15) is 5.82 Å². The predicted molar refractivity (Wildman–Crippen MR) is 113 cm³/mol. The molecule has 1 amide bonds. The lowest BCUT2D eigenvalue weighted by Gasteiger charge is -2.40. The summed E-state index contributed by atoms with van der Waals surface area (Å²) in [4.78, 5) is 22.1. The van der Waals surface area contributed by atoms with Crippen LogP contribution in [0.5, 0.6) is 0 Å². The summed E-state index contributed by atoms with van der Waals surface area (Å²) in [5, 5.41) is 3.36. The number of anilines is 1. The van der Waals surface area contributed by atoms with E-state index in [1.807, 2.05) is 17.0 Å². The molecule has 0 aromatic carbocycles. The van der Waals surface area contributed by atoms with Crippen molar-refractivity contribution >= 4 is 11.7 Å². The summed E-state index contributed by atoms with van der Waals surface area (Å²) in [7, 11) is 0. The van der Waals surface area contributed by atoms with Crippen molar-refractivity contribution in [2.75, 3.05) is 38.0 Å². The third-order valence-corrected chi connectivity index (χ3v) is 5.35. The van der Waals surface area contributed by atoms with Gasteiger partial charge in [-0.1, -0.05) is 40.0 Å². The molecule has 0 bridgehead atoms. The number of aromatic nitrogens is 1. The fourth-order valence-corrected chi connectivity index (χ4v) is 3.65. The molecule has 2 rings (SSSR count). The minimum atomic E-state index is 0.105. The molecule has 1 N–H and O–H groups in total. The summed E-state index contributed by atoms with van der Waals surface area (Å²) in [6.45, 7) is 13.6. The molecule has 5 nitrogen and oxygen atoms in total. The first-order chi connectivity index (χ1) is 13.0. The summed E-state index contributed by atoms with van der Waals surface area (Å²) in [6.07, 6.45) is 7.99. The second-order valence-corrected chi connectivity index (χ2v) is 8.22. The largest absolute Gasteiger partial charge is 0.369 e. The van der Waals surface area contributed by atoms with Gasteiger partial charge in [-0.15, -0.1) is 0 Å². The van der Waals surface area contributed by atoms with E-state index in [2.05, 4.69) is 42.9 Å². The van der Waals surface area contributed by atoms with Crippen LogP contribution in [0.25, 0.3) is 0 Å². The minimum absolute atomic E-state index is 0.105. The van der Waals surface area contributed by atoms with Crippen LogP contribution in [0.4, 0.5) is 5.82 Å². The number of pyridine rings is 1. The average molecular weight is 375 g/mol. The number of hydrogen-bond donors (Lipinski definition) is 1. The van der Waals surface area contributed by atoms with Crippen LogP contribution in [-0.4, -0.2) is 59.5 Å². The highest BCUT2D eigenvalue weighted by Gasteiger charge is 2.29. The average Bonchev–Trinajstić information content (AvgIpc) is 2.65. The van der Waals surface area contributed by atoms with Crippen LogP contribution >= 0.6 is 0 Å². The van der Waals surface area contributed by atoms with Crippen molar-refractivity contribution in [1.29, 1.82) is 0 Å². The highest BCUT2D eigenvalue weighted by molar-refractivity contribution is 5.99. The van der Waals surface area contributed by atoms with Gasteiger partial charge in [-0.2, -0.15) is 0 Å². The Morgan fingerprint density at radius 3 is 2.81 bits per heavy atom. The van der Waals surface area contributed by atoms with Gasteiger partial charge in [0.2, 0.25) is 0 Å². The molecule has 1 aromatic heterocycles. The third-order valence-electron chi connectivity index (χ3n) is 5.35. The first-order valence-electron chi connectivity index (χ1n) is 10.7. The monoisotopic (exact) mass is 374 g/mol. The molecular weight excluding hydrogens is 336 g/mol. The number of unbranched alkanes of at least 4 members (excludes halogenated alkanes) is 3. The molecule has 1 aromatic rings. The number of amides is 1. The Morgan fingerprint density at radius 2 is 2.11 bits per heavy atom. The highest BCUT2D eigenvalue weighted by atomic mass is 16.2. The Labute approximate surface area is 165 Å². The number of carbonyl (C=O) groups excluding carboxylic acids is 1. The van der Waals surface area contributed by atoms with E-state index in [4.69, 9.17) is 0 Å². The molecule has 152 valence electrons. The minimum Gasteiger partial charge on any atom is -0.369 e. The summed E-state index contributed by atoms with van der Waals surface area (Å²) in [6, 6.07) is 3.99. The van der Waals surface area contributed by atoms with Crippen molar-refractivity contribution < 1.29 is 4.79 Å². The molecule has 2 heterocycles. The van der Waals surface area contributed by atoms with Crippen LogP contribution in [0, 0.1) is 5.92 Å². The first-order valence-corrected chi connectivity index (χ1v) is 10.7. The number of hydrogen-bond acceptors (Lipinski definition) is 4. The van der Waals surface area contributed by atoms with Gasteiger partial charge in [-0.3, -0.25) is 9.69 Å². The standard InChI is InChI=1S/C22H38N4O/c1-5-6-7-8-14-25-15-16-26(19(4)17-25)22(27)20-10-9-12-23-21(20)24-13-11-18(2)3/h9-10,12,18-19H,5-8,11,13-17H2,1-4H3,(H,23,24)/t19-/m0/s1.